The average Bonchev–Trinajstić information content (AvgIpc) is 2.26. The van der Waals surface area contributed by atoms with Gasteiger partial charge in [0.15, 0.2) is 0 Å². The highest BCUT2D eigenvalue weighted by Crippen LogP contribution is 2.25. The van der Waals surface area contributed by atoms with Gasteiger partial charge in [0.05, 0.1) is 17.0 Å². The third kappa shape index (κ3) is 3.63. The predicted octanol–water partition coefficient (Wildman–Crippen LogP) is 2.57. The zero-order valence-corrected chi connectivity index (χ0v) is 11.5. The molecule has 3 nitrogen and oxygen atoms in total. The molecule has 0 aliphatic rings. The van der Waals surface area contributed by atoms with E-state index in [1.54, 1.807) is 0 Å². The summed E-state index contributed by atoms with van der Waals surface area (Å²) in [6.07, 6.45) is 0. The highest BCUT2D eigenvalue weighted by molar-refractivity contribution is 5.69. The van der Waals surface area contributed by atoms with Crippen LogP contribution in [0.5, 0.6) is 0 Å². The molecular formula is C14H24N2O. The minimum absolute atomic E-state index is 0.224. The molecule has 17 heavy (non-hydrogen) atoms. The molecule has 2 N–H and O–H groups in total. The van der Waals surface area contributed by atoms with Gasteiger partial charge in [0.2, 0.25) is 0 Å². The number of hydrogen-bond donors (Lipinski definition) is 2. The number of benzene rings is 1. The van der Waals surface area contributed by atoms with Crippen LogP contribution in [0.1, 0.15) is 20.8 Å². The van der Waals surface area contributed by atoms with E-state index in [1.165, 1.54) is 0 Å². The lowest BCUT2D eigenvalue weighted by Gasteiger charge is -2.29. The third-order valence-electron chi connectivity index (χ3n) is 3.27. The van der Waals surface area contributed by atoms with Crippen LogP contribution in [0.25, 0.3) is 0 Å². The number of nitrogens with zero attached hydrogens (tertiary/aromatic N) is 1. The van der Waals surface area contributed by atoms with Crippen LogP contribution in [0.3, 0.4) is 0 Å². The summed E-state index contributed by atoms with van der Waals surface area (Å²) in [6.45, 7) is 6.47. The normalized spacial score (nSPS) is 14.5. The Kier molecular flexibility index (Phi) is 4.40. The van der Waals surface area contributed by atoms with Gasteiger partial charge in [-0.15, -0.1) is 0 Å². The fourth-order valence-electron chi connectivity index (χ4n) is 1.49. The number of anilines is 2. The zero-order valence-electron chi connectivity index (χ0n) is 11.5. The van der Waals surface area contributed by atoms with Crippen molar-refractivity contribution in [1.82, 2.24) is 0 Å². The fraction of sp³-hybridized carbons (Fsp3) is 0.571. The lowest BCUT2D eigenvalue weighted by Crippen LogP contribution is -2.38. The second-order valence-corrected chi connectivity index (χ2v) is 5.28. The van der Waals surface area contributed by atoms with Crippen molar-refractivity contribution in [2.75, 3.05) is 30.9 Å². The Labute approximate surface area is 104 Å². The quantitative estimate of drug-likeness (QED) is 0.825. The molecule has 3 heteroatoms. The Morgan fingerprint density at radius 2 is 1.88 bits per heavy atom. The van der Waals surface area contributed by atoms with E-state index in [9.17, 15) is 5.11 Å². The van der Waals surface area contributed by atoms with Gasteiger partial charge in [0.25, 0.3) is 0 Å². The van der Waals surface area contributed by atoms with Crippen LogP contribution in [0, 0.1) is 5.92 Å². The number of nitrogens with one attached hydrogen (secondary N) is 1. The Morgan fingerprint density at radius 1 is 1.29 bits per heavy atom. The van der Waals surface area contributed by atoms with E-state index < -0.39 is 5.60 Å². The summed E-state index contributed by atoms with van der Waals surface area (Å²) in [5, 5.41) is 13.5. The first-order valence-electron chi connectivity index (χ1n) is 6.07. The highest BCUT2D eigenvalue weighted by atomic mass is 16.3. The molecule has 0 saturated heterocycles. The number of aliphatic hydroxyl groups is 1. The molecule has 96 valence electrons. The highest BCUT2D eigenvalue weighted by Gasteiger charge is 2.24. The van der Waals surface area contributed by atoms with Gasteiger partial charge in [-0.2, -0.15) is 0 Å². The summed E-state index contributed by atoms with van der Waals surface area (Å²) in [4.78, 5) is 2.06. The Balaban J connectivity index is 2.76. The molecule has 0 bridgehead atoms. The van der Waals surface area contributed by atoms with Gasteiger partial charge in [-0.05, 0) is 25.0 Å². The molecule has 0 spiro atoms. The van der Waals surface area contributed by atoms with E-state index in [0.717, 1.165) is 11.4 Å². The molecule has 1 rings (SSSR count). The SMILES string of the molecule is CC(C)C(C)(O)CNc1ccccc1N(C)C. The van der Waals surface area contributed by atoms with Gasteiger partial charge in [0.1, 0.15) is 0 Å². The van der Waals surface area contributed by atoms with Crippen molar-refractivity contribution in [1.29, 1.82) is 0 Å². The first-order valence-corrected chi connectivity index (χ1v) is 6.07. The minimum atomic E-state index is -0.695. The molecule has 0 aromatic heterocycles. The Hall–Kier alpha value is -1.22. The third-order valence-corrected chi connectivity index (χ3v) is 3.27. The Bertz CT molecular complexity index is 359. The van der Waals surface area contributed by atoms with Crippen LogP contribution in [0.2, 0.25) is 0 Å². The van der Waals surface area contributed by atoms with Gasteiger partial charge < -0.3 is 15.3 Å². The smallest absolute Gasteiger partial charge is 0.0814 e. The van der Waals surface area contributed by atoms with E-state index >= 15 is 0 Å². The van der Waals surface area contributed by atoms with Crippen LogP contribution >= 0.6 is 0 Å². The summed E-state index contributed by atoms with van der Waals surface area (Å²) in [5.74, 6) is 0.224. The molecule has 1 unspecified atom stereocenters. The van der Waals surface area contributed by atoms with Crippen LogP contribution in [-0.2, 0) is 0 Å². The standard InChI is InChI=1S/C14H24N2O/c1-11(2)14(3,17)10-15-12-8-6-7-9-13(12)16(4)5/h6-9,11,15,17H,10H2,1-5H3. The van der Waals surface area contributed by atoms with Crippen molar-refractivity contribution >= 4 is 11.4 Å². The molecule has 0 fully saturated rings. The van der Waals surface area contributed by atoms with Crippen molar-refractivity contribution < 1.29 is 5.11 Å². The van der Waals surface area contributed by atoms with E-state index in [0.29, 0.717) is 6.54 Å². The van der Waals surface area contributed by atoms with Crippen molar-refractivity contribution in [3.05, 3.63) is 24.3 Å². The van der Waals surface area contributed by atoms with E-state index in [4.69, 9.17) is 0 Å². The lowest BCUT2D eigenvalue weighted by atomic mass is 9.92. The molecule has 0 saturated carbocycles. The van der Waals surface area contributed by atoms with Crippen molar-refractivity contribution in [2.24, 2.45) is 5.92 Å². The van der Waals surface area contributed by atoms with Gasteiger partial charge in [-0.25, -0.2) is 0 Å². The minimum Gasteiger partial charge on any atom is -0.388 e. The maximum Gasteiger partial charge on any atom is 0.0814 e. The monoisotopic (exact) mass is 236 g/mol. The average molecular weight is 236 g/mol. The number of para-hydroxylation sites is 2. The largest absolute Gasteiger partial charge is 0.388 e. The van der Waals surface area contributed by atoms with Crippen molar-refractivity contribution in [3.63, 3.8) is 0 Å². The van der Waals surface area contributed by atoms with Crippen LogP contribution in [0.4, 0.5) is 11.4 Å². The van der Waals surface area contributed by atoms with Gasteiger partial charge in [0, 0.05) is 20.6 Å². The Morgan fingerprint density at radius 3 is 2.41 bits per heavy atom. The van der Waals surface area contributed by atoms with E-state index in [2.05, 4.69) is 16.3 Å². The molecular weight excluding hydrogens is 212 g/mol. The first-order chi connectivity index (χ1) is 7.84. The van der Waals surface area contributed by atoms with Gasteiger partial charge in [-0.3, -0.25) is 0 Å². The van der Waals surface area contributed by atoms with Crippen LogP contribution in [0.15, 0.2) is 24.3 Å². The predicted molar refractivity (Wildman–Crippen MR) is 74.7 cm³/mol. The second-order valence-electron chi connectivity index (χ2n) is 5.28. The van der Waals surface area contributed by atoms with E-state index in [-0.39, 0.29) is 5.92 Å². The molecule has 1 atom stereocenters. The van der Waals surface area contributed by atoms with Crippen molar-refractivity contribution in [3.8, 4) is 0 Å². The first kappa shape index (κ1) is 13.8. The molecule has 0 aliphatic carbocycles. The maximum atomic E-state index is 10.2. The number of hydrogen-bond acceptors (Lipinski definition) is 3. The summed E-state index contributed by atoms with van der Waals surface area (Å²) >= 11 is 0. The maximum absolute atomic E-state index is 10.2. The van der Waals surface area contributed by atoms with Crippen LogP contribution in [-0.4, -0.2) is 31.3 Å². The molecule has 0 amide bonds. The lowest BCUT2D eigenvalue weighted by molar-refractivity contribution is 0.0266. The molecule has 1 aromatic carbocycles. The summed E-state index contributed by atoms with van der Waals surface area (Å²) in [7, 11) is 4.03. The summed E-state index contributed by atoms with van der Waals surface area (Å²) < 4.78 is 0. The molecule has 0 heterocycles. The van der Waals surface area contributed by atoms with Crippen molar-refractivity contribution in [2.45, 2.75) is 26.4 Å². The fourth-order valence-corrected chi connectivity index (χ4v) is 1.49. The number of rotatable bonds is 5. The van der Waals surface area contributed by atoms with Gasteiger partial charge in [-0.1, -0.05) is 26.0 Å². The molecule has 0 aliphatic heterocycles. The molecule has 0 radical (unpaired) electrons. The second kappa shape index (κ2) is 5.41. The van der Waals surface area contributed by atoms with Crippen LogP contribution < -0.4 is 10.2 Å². The summed E-state index contributed by atoms with van der Waals surface area (Å²) in [5.41, 5.74) is 1.49. The summed E-state index contributed by atoms with van der Waals surface area (Å²) in [6, 6.07) is 8.11. The van der Waals surface area contributed by atoms with E-state index in [1.807, 2.05) is 53.1 Å². The topological polar surface area (TPSA) is 35.5 Å². The molecule has 1 aromatic rings. The zero-order chi connectivity index (χ0) is 13.1. The van der Waals surface area contributed by atoms with Gasteiger partial charge >= 0.3 is 0 Å².